The van der Waals surface area contributed by atoms with Gasteiger partial charge in [-0.1, -0.05) is 37.5 Å². The second-order valence-corrected chi connectivity index (χ2v) is 3.22. The third kappa shape index (κ3) is 3.09. The molecule has 0 aliphatic heterocycles. The fourth-order valence-electron chi connectivity index (χ4n) is 1.26. The summed E-state index contributed by atoms with van der Waals surface area (Å²) in [7, 11) is 1.66. The summed E-state index contributed by atoms with van der Waals surface area (Å²) < 4.78 is 5.25. The molecule has 1 aliphatic carbocycles. The Morgan fingerprint density at radius 3 is 2.79 bits per heavy atom. The smallest absolute Gasteiger partial charge is 0.122 e. The molecule has 0 N–H and O–H groups in total. The second-order valence-electron chi connectivity index (χ2n) is 3.22. The first kappa shape index (κ1) is 10.6. The molecule has 14 heavy (non-hydrogen) atoms. The Balaban J connectivity index is 2.91. The van der Waals surface area contributed by atoms with E-state index in [0.29, 0.717) is 0 Å². The Labute approximate surface area is 85.8 Å². The van der Waals surface area contributed by atoms with Crippen molar-refractivity contribution < 1.29 is 4.74 Å². The van der Waals surface area contributed by atoms with Crippen molar-refractivity contribution in [3.05, 3.63) is 60.4 Å². The molecule has 0 radical (unpaired) electrons. The van der Waals surface area contributed by atoms with Gasteiger partial charge in [-0.25, -0.2) is 0 Å². The van der Waals surface area contributed by atoms with Gasteiger partial charge in [0.15, 0.2) is 0 Å². The van der Waals surface area contributed by atoms with Gasteiger partial charge < -0.3 is 4.74 Å². The van der Waals surface area contributed by atoms with Crippen LogP contribution in [0.4, 0.5) is 0 Å². The molecule has 0 heterocycles. The van der Waals surface area contributed by atoms with E-state index in [9.17, 15) is 0 Å². The maximum Gasteiger partial charge on any atom is 0.122 e. The van der Waals surface area contributed by atoms with Crippen molar-refractivity contribution in [2.75, 3.05) is 7.11 Å². The van der Waals surface area contributed by atoms with Gasteiger partial charge in [0, 0.05) is 0 Å². The number of methoxy groups -OCH3 is 1. The zero-order chi connectivity index (χ0) is 10.4. The van der Waals surface area contributed by atoms with E-state index in [2.05, 4.69) is 19.2 Å². The van der Waals surface area contributed by atoms with E-state index in [0.717, 1.165) is 29.7 Å². The molecule has 1 nitrogen and oxygen atoms in total. The zero-order valence-electron chi connectivity index (χ0n) is 8.62. The molecule has 0 aromatic heterocycles. The molecule has 0 unspecified atom stereocenters. The number of hydrogen-bond acceptors (Lipinski definition) is 1. The van der Waals surface area contributed by atoms with Crippen molar-refractivity contribution in [1.29, 1.82) is 0 Å². The molecule has 0 amide bonds. The van der Waals surface area contributed by atoms with E-state index in [4.69, 9.17) is 4.74 Å². The Hall–Kier alpha value is -1.50. The maximum atomic E-state index is 5.25. The average Bonchev–Trinajstić information content (AvgIpc) is 2.19. The highest BCUT2D eigenvalue weighted by atomic mass is 16.5. The lowest BCUT2D eigenvalue weighted by atomic mass is 10.1. The zero-order valence-corrected chi connectivity index (χ0v) is 8.62. The van der Waals surface area contributed by atoms with E-state index >= 15 is 0 Å². The van der Waals surface area contributed by atoms with Crippen molar-refractivity contribution in [2.24, 2.45) is 0 Å². The van der Waals surface area contributed by atoms with Crippen LogP contribution in [0.3, 0.4) is 0 Å². The van der Waals surface area contributed by atoms with Crippen LogP contribution in [-0.2, 0) is 4.74 Å². The fraction of sp³-hybridized carbons (Fsp3) is 0.231. The van der Waals surface area contributed by atoms with Crippen molar-refractivity contribution in [2.45, 2.75) is 12.8 Å². The SMILES string of the molecule is C=C1/C=C\C=C/CCC(=C)/C(OC)=C\1. The van der Waals surface area contributed by atoms with E-state index in [1.165, 1.54) is 0 Å². The third-order valence-electron chi connectivity index (χ3n) is 2.06. The summed E-state index contributed by atoms with van der Waals surface area (Å²) in [4.78, 5) is 0. The molecule has 0 aromatic carbocycles. The Bertz CT molecular complexity index is 316. The maximum absolute atomic E-state index is 5.25. The molecule has 1 heteroatoms. The van der Waals surface area contributed by atoms with Crippen molar-refractivity contribution in [3.63, 3.8) is 0 Å². The lowest BCUT2D eigenvalue weighted by molar-refractivity contribution is 0.298. The third-order valence-corrected chi connectivity index (χ3v) is 2.06. The molecular weight excluding hydrogens is 172 g/mol. The van der Waals surface area contributed by atoms with Crippen LogP contribution in [0, 0.1) is 0 Å². The molecular formula is C13H16O. The molecule has 1 aliphatic rings. The monoisotopic (exact) mass is 188 g/mol. The minimum atomic E-state index is 0.829. The van der Waals surface area contributed by atoms with E-state index in [-0.39, 0.29) is 0 Å². The predicted octanol–water partition coefficient (Wildman–Crippen LogP) is 3.54. The second kappa shape index (κ2) is 5.28. The largest absolute Gasteiger partial charge is 0.496 e. The van der Waals surface area contributed by atoms with Crippen LogP contribution in [0.2, 0.25) is 0 Å². The molecule has 0 fully saturated rings. The fourth-order valence-corrected chi connectivity index (χ4v) is 1.26. The molecule has 74 valence electrons. The Morgan fingerprint density at radius 2 is 2.07 bits per heavy atom. The summed E-state index contributed by atoms with van der Waals surface area (Å²) in [6, 6.07) is 0. The molecule has 0 saturated heterocycles. The van der Waals surface area contributed by atoms with Gasteiger partial charge in [0.25, 0.3) is 0 Å². The van der Waals surface area contributed by atoms with Gasteiger partial charge in [-0.2, -0.15) is 0 Å². The van der Waals surface area contributed by atoms with Crippen LogP contribution < -0.4 is 0 Å². The van der Waals surface area contributed by atoms with E-state index in [1.807, 2.05) is 24.3 Å². The normalized spacial score (nSPS) is 26.2. The first-order valence-corrected chi connectivity index (χ1v) is 4.70. The van der Waals surface area contributed by atoms with Crippen LogP contribution in [-0.4, -0.2) is 7.11 Å². The van der Waals surface area contributed by atoms with E-state index < -0.39 is 0 Å². The van der Waals surface area contributed by atoms with Gasteiger partial charge in [-0.05, 0) is 30.1 Å². The van der Waals surface area contributed by atoms with Crippen LogP contribution >= 0.6 is 0 Å². The van der Waals surface area contributed by atoms with Gasteiger partial charge in [0.05, 0.1) is 7.11 Å². The van der Waals surface area contributed by atoms with Crippen molar-refractivity contribution in [3.8, 4) is 0 Å². The first-order valence-electron chi connectivity index (χ1n) is 4.70. The summed E-state index contributed by atoms with van der Waals surface area (Å²) >= 11 is 0. The van der Waals surface area contributed by atoms with Crippen molar-refractivity contribution in [1.82, 2.24) is 0 Å². The van der Waals surface area contributed by atoms with Crippen molar-refractivity contribution >= 4 is 0 Å². The number of hydrogen-bond donors (Lipinski definition) is 0. The summed E-state index contributed by atoms with van der Waals surface area (Å²) in [5, 5.41) is 0. The average molecular weight is 188 g/mol. The van der Waals surface area contributed by atoms with Gasteiger partial charge in [-0.15, -0.1) is 0 Å². The van der Waals surface area contributed by atoms with Gasteiger partial charge in [-0.3, -0.25) is 0 Å². The number of allylic oxidation sites excluding steroid dienone is 7. The van der Waals surface area contributed by atoms with Crippen LogP contribution in [0.5, 0.6) is 0 Å². The number of ether oxygens (including phenoxy) is 1. The molecule has 0 atom stereocenters. The van der Waals surface area contributed by atoms with Crippen LogP contribution in [0.15, 0.2) is 60.4 Å². The molecule has 0 saturated carbocycles. The summed E-state index contributed by atoms with van der Waals surface area (Å²) in [5.41, 5.74) is 1.95. The number of rotatable bonds is 1. The first-order chi connectivity index (χ1) is 6.74. The van der Waals surface area contributed by atoms with Crippen LogP contribution in [0.25, 0.3) is 0 Å². The Kier molecular flexibility index (Phi) is 3.99. The lowest BCUT2D eigenvalue weighted by Crippen LogP contribution is -1.92. The van der Waals surface area contributed by atoms with E-state index in [1.54, 1.807) is 7.11 Å². The standard InChI is InChI=1S/C13H16O/c1-11-8-6-4-5-7-9-12(2)13(10-11)14-3/h4-6,8,10H,1-2,7,9H2,3H3/b5-4-,8-6-,13-10+. The van der Waals surface area contributed by atoms with Gasteiger partial charge in [0.1, 0.15) is 5.76 Å². The van der Waals surface area contributed by atoms with Gasteiger partial charge in [0.2, 0.25) is 0 Å². The predicted molar refractivity (Wildman–Crippen MR) is 60.9 cm³/mol. The summed E-state index contributed by atoms with van der Waals surface area (Å²) in [6.07, 6.45) is 11.9. The summed E-state index contributed by atoms with van der Waals surface area (Å²) in [6.45, 7) is 7.89. The molecule has 0 aromatic rings. The molecule has 1 rings (SSSR count). The highest BCUT2D eigenvalue weighted by molar-refractivity contribution is 5.37. The van der Waals surface area contributed by atoms with Gasteiger partial charge >= 0.3 is 0 Å². The molecule has 0 bridgehead atoms. The minimum Gasteiger partial charge on any atom is -0.496 e. The minimum absolute atomic E-state index is 0.829. The highest BCUT2D eigenvalue weighted by Gasteiger charge is 2.02. The highest BCUT2D eigenvalue weighted by Crippen LogP contribution is 2.18. The van der Waals surface area contributed by atoms with Crippen LogP contribution in [0.1, 0.15) is 12.8 Å². The Morgan fingerprint density at radius 1 is 1.29 bits per heavy atom. The quantitative estimate of drug-likeness (QED) is 0.611. The lowest BCUT2D eigenvalue weighted by Gasteiger charge is -2.09. The topological polar surface area (TPSA) is 9.23 Å². The summed E-state index contributed by atoms with van der Waals surface area (Å²) in [5.74, 6) is 0.829. The molecule has 0 spiro atoms.